The minimum atomic E-state index is 0.268. The minimum absolute atomic E-state index is 0.268. The van der Waals surface area contributed by atoms with Gasteiger partial charge in [-0.15, -0.1) is 0 Å². The van der Waals surface area contributed by atoms with Gasteiger partial charge in [-0.2, -0.15) is 0 Å². The van der Waals surface area contributed by atoms with Crippen LogP contribution in [0.25, 0.3) is 0 Å². The highest BCUT2D eigenvalue weighted by Gasteiger charge is 2.30. The molecule has 2 aliphatic rings. The molecular weight excluding hydrogens is 264 g/mol. The van der Waals surface area contributed by atoms with Crippen LogP contribution in [0.3, 0.4) is 0 Å². The molecule has 2 heterocycles. The predicted octanol–water partition coefficient (Wildman–Crippen LogP) is 2.12. The van der Waals surface area contributed by atoms with Gasteiger partial charge in [0.25, 0.3) is 0 Å². The monoisotopic (exact) mass is 296 g/mol. The molecule has 0 aliphatic carbocycles. The van der Waals surface area contributed by atoms with Crippen molar-refractivity contribution in [1.29, 1.82) is 0 Å². The van der Waals surface area contributed by atoms with Crippen molar-refractivity contribution in [3.05, 3.63) is 0 Å². The van der Waals surface area contributed by atoms with Crippen LogP contribution in [0, 0.1) is 11.8 Å². The second kappa shape index (κ2) is 8.74. The lowest BCUT2D eigenvalue weighted by Crippen LogP contribution is -2.46. The van der Waals surface area contributed by atoms with E-state index in [0.29, 0.717) is 18.4 Å². The molecule has 122 valence electrons. The Morgan fingerprint density at radius 3 is 2.52 bits per heavy atom. The molecule has 2 fully saturated rings. The van der Waals surface area contributed by atoms with E-state index in [4.69, 9.17) is 5.11 Å². The van der Waals surface area contributed by atoms with E-state index in [-0.39, 0.29) is 5.92 Å². The number of carbonyl (C=O) groups is 1. The van der Waals surface area contributed by atoms with Crippen molar-refractivity contribution < 1.29 is 9.90 Å². The quantitative estimate of drug-likeness (QED) is 0.764. The zero-order chi connectivity index (χ0) is 15.1. The van der Waals surface area contributed by atoms with Crippen LogP contribution >= 0.6 is 0 Å². The second-order valence-corrected chi connectivity index (χ2v) is 6.93. The number of piperidine rings is 2. The molecule has 0 aromatic rings. The molecular formula is C17H32N2O2. The molecule has 2 saturated heterocycles. The molecule has 0 radical (unpaired) electrons. The number of unbranched alkanes of at least 4 members (excludes halogenated alkanes) is 2. The largest absolute Gasteiger partial charge is 0.396 e. The maximum absolute atomic E-state index is 12.6. The fraction of sp³-hybridized carbons (Fsp3) is 0.941. The van der Waals surface area contributed by atoms with Gasteiger partial charge < -0.3 is 14.9 Å². The van der Waals surface area contributed by atoms with E-state index >= 15 is 0 Å². The molecule has 0 saturated carbocycles. The molecule has 4 nitrogen and oxygen atoms in total. The molecule has 2 aliphatic heterocycles. The lowest BCUT2D eigenvalue weighted by atomic mass is 9.92. The Balaban J connectivity index is 1.67. The van der Waals surface area contributed by atoms with E-state index in [2.05, 4.69) is 16.7 Å². The van der Waals surface area contributed by atoms with E-state index in [1.54, 1.807) is 0 Å². The van der Waals surface area contributed by atoms with Crippen molar-refractivity contribution in [3.63, 3.8) is 0 Å². The van der Waals surface area contributed by atoms with Crippen LogP contribution in [0.5, 0.6) is 0 Å². The summed E-state index contributed by atoms with van der Waals surface area (Å²) >= 11 is 0. The SMILES string of the molecule is CC1CCCN(C(=O)C2CCN(CCCCCO)CC2)C1. The maximum Gasteiger partial charge on any atom is 0.225 e. The first-order valence-corrected chi connectivity index (χ1v) is 8.82. The van der Waals surface area contributed by atoms with Gasteiger partial charge in [-0.1, -0.05) is 6.92 Å². The summed E-state index contributed by atoms with van der Waals surface area (Å²) in [5, 5.41) is 8.79. The minimum Gasteiger partial charge on any atom is -0.396 e. The maximum atomic E-state index is 12.6. The zero-order valence-corrected chi connectivity index (χ0v) is 13.6. The second-order valence-electron chi connectivity index (χ2n) is 6.93. The average molecular weight is 296 g/mol. The van der Waals surface area contributed by atoms with Crippen molar-refractivity contribution in [3.8, 4) is 0 Å². The summed E-state index contributed by atoms with van der Waals surface area (Å²) in [7, 11) is 0. The summed E-state index contributed by atoms with van der Waals surface area (Å²) in [4.78, 5) is 17.2. The third-order valence-electron chi connectivity index (χ3n) is 5.04. The lowest BCUT2D eigenvalue weighted by molar-refractivity contribution is -0.138. The molecule has 1 atom stereocenters. The number of carbonyl (C=O) groups excluding carboxylic acids is 1. The molecule has 0 aromatic carbocycles. The molecule has 2 rings (SSSR count). The Labute approximate surface area is 129 Å². The third-order valence-corrected chi connectivity index (χ3v) is 5.04. The number of rotatable bonds is 6. The Morgan fingerprint density at radius 2 is 1.86 bits per heavy atom. The summed E-state index contributed by atoms with van der Waals surface area (Å²) in [6, 6.07) is 0. The number of aliphatic hydroxyl groups is 1. The first kappa shape index (κ1) is 16.8. The Hall–Kier alpha value is -0.610. The first-order valence-electron chi connectivity index (χ1n) is 8.82. The van der Waals surface area contributed by atoms with Crippen molar-refractivity contribution in [2.24, 2.45) is 11.8 Å². The van der Waals surface area contributed by atoms with E-state index in [1.165, 1.54) is 19.3 Å². The Bertz CT molecular complexity index is 314. The molecule has 0 bridgehead atoms. The summed E-state index contributed by atoms with van der Waals surface area (Å²) in [5.74, 6) is 1.36. The summed E-state index contributed by atoms with van der Waals surface area (Å²) < 4.78 is 0. The molecule has 1 N–H and O–H groups in total. The van der Waals surface area contributed by atoms with E-state index in [0.717, 1.165) is 58.4 Å². The van der Waals surface area contributed by atoms with Crippen LogP contribution in [0.15, 0.2) is 0 Å². The van der Waals surface area contributed by atoms with Gasteiger partial charge in [-0.3, -0.25) is 4.79 Å². The fourth-order valence-electron chi connectivity index (χ4n) is 3.68. The van der Waals surface area contributed by atoms with Crippen LogP contribution in [-0.4, -0.2) is 60.1 Å². The molecule has 0 spiro atoms. The van der Waals surface area contributed by atoms with Crippen LogP contribution < -0.4 is 0 Å². The highest BCUT2D eigenvalue weighted by molar-refractivity contribution is 5.79. The smallest absolute Gasteiger partial charge is 0.225 e. The van der Waals surface area contributed by atoms with Crippen LogP contribution in [0.2, 0.25) is 0 Å². The van der Waals surface area contributed by atoms with Gasteiger partial charge >= 0.3 is 0 Å². The highest BCUT2D eigenvalue weighted by atomic mass is 16.2. The van der Waals surface area contributed by atoms with E-state index < -0.39 is 0 Å². The Morgan fingerprint density at radius 1 is 1.10 bits per heavy atom. The fourth-order valence-corrected chi connectivity index (χ4v) is 3.68. The number of aliphatic hydroxyl groups excluding tert-OH is 1. The van der Waals surface area contributed by atoms with Gasteiger partial charge in [0, 0.05) is 25.6 Å². The summed E-state index contributed by atoms with van der Waals surface area (Å²) in [6.45, 7) is 7.78. The predicted molar refractivity (Wildman–Crippen MR) is 85.1 cm³/mol. The number of hydrogen-bond donors (Lipinski definition) is 1. The molecule has 21 heavy (non-hydrogen) atoms. The molecule has 0 aromatic heterocycles. The van der Waals surface area contributed by atoms with Gasteiger partial charge in [0.2, 0.25) is 5.91 Å². The van der Waals surface area contributed by atoms with Gasteiger partial charge in [-0.05, 0) is 70.5 Å². The molecule has 1 unspecified atom stereocenters. The van der Waals surface area contributed by atoms with Crippen LogP contribution in [0.1, 0.15) is 51.9 Å². The number of nitrogens with zero attached hydrogens (tertiary/aromatic N) is 2. The summed E-state index contributed by atoms with van der Waals surface area (Å²) in [5.41, 5.74) is 0. The van der Waals surface area contributed by atoms with Crippen molar-refractivity contribution in [2.75, 3.05) is 39.3 Å². The number of hydrogen-bond acceptors (Lipinski definition) is 3. The summed E-state index contributed by atoms with van der Waals surface area (Å²) in [6.07, 6.45) is 7.71. The van der Waals surface area contributed by atoms with Crippen LogP contribution in [-0.2, 0) is 4.79 Å². The lowest BCUT2D eigenvalue weighted by Gasteiger charge is -2.37. The number of amides is 1. The van der Waals surface area contributed by atoms with Gasteiger partial charge in [0.05, 0.1) is 0 Å². The average Bonchev–Trinajstić information content (AvgIpc) is 2.51. The third kappa shape index (κ3) is 5.26. The van der Waals surface area contributed by atoms with Gasteiger partial charge in [0.1, 0.15) is 0 Å². The van der Waals surface area contributed by atoms with Gasteiger partial charge in [-0.25, -0.2) is 0 Å². The number of likely N-dealkylation sites (tertiary alicyclic amines) is 2. The zero-order valence-electron chi connectivity index (χ0n) is 13.6. The van der Waals surface area contributed by atoms with E-state index in [9.17, 15) is 4.79 Å². The highest BCUT2D eigenvalue weighted by Crippen LogP contribution is 2.23. The topological polar surface area (TPSA) is 43.8 Å². The van der Waals surface area contributed by atoms with Crippen molar-refractivity contribution in [1.82, 2.24) is 9.80 Å². The first-order chi connectivity index (χ1) is 10.2. The normalized spacial score (nSPS) is 25.2. The Kier molecular flexibility index (Phi) is 6.97. The van der Waals surface area contributed by atoms with E-state index in [1.807, 2.05) is 0 Å². The van der Waals surface area contributed by atoms with Gasteiger partial charge in [0.15, 0.2) is 0 Å². The van der Waals surface area contributed by atoms with Crippen molar-refractivity contribution >= 4 is 5.91 Å². The molecule has 4 heteroatoms. The van der Waals surface area contributed by atoms with Crippen LogP contribution in [0.4, 0.5) is 0 Å². The van der Waals surface area contributed by atoms with Crippen molar-refractivity contribution in [2.45, 2.75) is 51.9 Å². The standard InChI is InChI=1S/C17H32N2O2/c1-15-6-5-10-19(14-15)17(21)16-7-11-18(12-8-16)9-3-2-4-13-20/h15-16,20H,2-14H2,1H3. The molecule has 1 amide bonds.